The van der Waals surface area contributed by atoms with E-state index in [0.29, 0.717) is 0 Å². The highest BCUT2D eigenvalue weighted by atomic mass is 19.3. The van der Waals surface area contributed by atoms with Gasteiger partial charge in [-0.1, -0.05) is 0 Å². The number of carbonyl (C=O) groups excluding carboxylic acids is 1. The van der Waals surface area contributed by atoms with Crippen molar-refractivity contribution >= 4 is 5.97 Å². The van der Waals surface area contributed by atoms with Crippen LogP contribution in [0.3, 0.4) is 0 Å². The Hall–Kier alpha value is -1.72. The van der Waals surface area contributed by atoms with Gasteiger partial charge >= 0.3 is 5.97 Å². The lowest BCUT2D eigenvalue weighted by atomic mass is 10.0. The second-order valence-corrected chi connectivity index (χ2v) is 3.46. The van der Waals surface area contributed by atoms with Crippen LogP contribution in [0.2, 0.25) is 0 Å². The minimum absolute atomic E-state index is 0.0289. The topological polar surface area (TPSA) is 59.2 Å². The molecule has 1 aromatic rings. The molecule has 0 radical (unpaired) electrons. The van der Waals surface area contributed by atoms with Crippen molar-refractivity contribution in [1.82, 2.24) is 4.98 Å². The average molecular weight is 245 g/mol. The van der Waals surface area contributed by atoms with Gasteiger partial charge in [0.05, 0.1) is 13.0 Å². The first-order valence-electron chi connectivity index (χ1n) is 5.12. The summed E-state index contributed by atoms with van der Waals surface area (Å²) in [5, 5.41) is 0. The van der Waals surface area contributed by atoms with E-state index < -0.39 is 18.0 Å². The molecule has 4 nitrogen and oxygen atoms in total. The number of alkyl halides is 2. The molecule has 0 bridgehead atoms. The zero-order chi connectivity index (χ0) is 13.0. The van der Waals surface area contributed by atoms with Crippen molar-refractivity contribution in [2.24, 2.45) is 0 Å². The second kappa shape index (κ2) is 5.56. The Kier molecular flexibility index (Phi) is 4.37. The molecule has 0 aliphatic carbocycles. The lowest BCUT2D eigenvalue weighted by Gasteiger charge is -2.09. The summed E-state index contributed by atoms with van der Waals surface area (Å²) >= 11 is 0. The Morgan fingerprint density at radius 3 is 2.71 bits per heavy atom. The van der Waals surface area contributed by atoms with E-state index in [-0.39, 0.29) is 29.7 Å². The maximum absolute atomic E-state index is 12.6. The fourth-order valence-electron chi connectivity index (χ4n) is 1.48. The molecule has 17 heavy (non-hydrogen) atoms. The van der Waals surface area contributed by atoms with E-state index in [2.05, 4.69) is 9.72 Å². The molecule has 1 rings (SSSR count). The third-order valence-corrected chi connectivity index (χ3v) is 2.38. The Bertz CT molecular complexity index is 468. The SMILES string of the molecule is CCOC(=O)Cc1c(C)c(C(F)F)c[nH]c1=O. The Morgan fingerprint density at radius 1 is 1.53 bits per heavy atom. The standard InChI is InChI=1S/C11H13F2NO3/c1-3-17-9(15)4-7-6(2)8(10(12)13)5-14-11(7)16/h5,10H,3-4H2,1-2H3,(H,14,16). The molecule has 1 aromatic heterocycles. The molecule has 0 aliphatic heterocycles. The molecule has 94 valence electrons. The fourth-order valence-corrected chi connectivity index (χ4v) is 1.48. The van der Waals surface area contributed by atoms with Crippen LogP contribution in [-0.2, 0) is 16.0 Å². The van der Waals surface area contributed by atoms with Crippen LogP contribution >= 0.6 is 0 Å². The molecule has 0 fully saturated rings. The predicted octanol–water partition coefficient (Wildman–Crippen LogP) is 1.73. The normalized spacial score (nSPS) is 10.6. The van der Waals surface area contributed by atoms with Gasteiger partial charge in [-0.05, 0) is 19.4 Å². The van der Waals surface area contributed by atoms with E-state index >= 15 is 0 Å². The number of H-pyrrole nitrogens is 1. The first-order valence-corrected chi connectivity index (χ1v) is 5.12. The maximum atomic E-state index is 12.6. The lowest BCUT2D eigenvalue weighted by molar-refractivity contribution is -0.142. The van der Waals surface area contributed by atoms with E-state index in [1.807, 2.05) is 0 Å². The van der Waals surface area contributed by atoms with Crippen molar-refractivity contribution in [3.63, 3.8) is 0 Å². The van der Waals surface area contributed by atoms with E-state index in [1.54, 1.807) is 6.92 Å². The van der Waals surface area contributed by atoms with Gasteiger partial charge in [-0.15, -0.1) is 0 Å². The van der Waals surface area contributed by atoms with Gasteiger partial charge < -0.3 is 9.72 Å². The van der Waals surface area contributed by atoms with Crippen molar-refractivity contribution in [3.05, 3.63) is 33.2 Å². The van der Waals surface area contributed by atoms with Crippen LogP contribution in [0.4, 0.5) is 8.78 Å². The molecule has 0 saturated carbocycles. The summed E-state index contributed by atoms with van der Waals surface area (Å²) in [6.45, 7) is 3.21. The van der Waals surface area contributed by atoms with Crippen molar-refractivity contribution in [1.29, 1.82) is 0 Å². The van der Waals surface area contributed by atoms with Gasteiger partial charge in [-0.3, -0.25) is 9.59 Å². The predicted molar refractivity (Wildman–Crippen MR) is 57.1 cm³/mol. The number of nitrogens with one attached hydrogen (secondary N) is 1. The minimum Gasteiger partial charge on any atom is -0.466 e. The van der Waals surface area contributed by atoms with Crippen LogP contribution < -0.4 is 5.56 Å². The largest absolute Gasteiger partial charge is 0.466 e. The smallest absolute Gasteiger partial charge is 0.310 e. The molecule has 6 heteroatoms. The number of hydrogen-bond donors (Lipinski definition) is 1. The van der Waals surface area contributed by atoms with Crippen LogP contribution in [0.15, 0.2) is 11.0 Å². The Balaban J connectivity index is 3.10. The van der Waals surface area contributed by atoms with Crippen molar-refractivity contribution in [2.45, 2.75) is 26.7 Å². The quantitative estimate of drug-likeness (QED) is 0.822. The molecule has 0 unspecified atom stereocenters. The van der Waals surface area contributed by atoms with Gasteiger partial charge in [-0.2, -0.15) is 0 Å². The molecular formula is C11H13F2NO3. The summed E-state index contributed by atoms with van der Waals surface area (Å²) in [5.41, 5.74) is -0.651. The number of esters is 1. The van der Waals surface area contributed by atoms with E-state index in [4.69, 9.17) is 0 Å². The number of halogens is 2. The average Bonchev–Trinajstić information content (AvgIpc) is 2.24. The molecule has 1 heterocycles. The number of carbonyl (C=O) groups is 1. The molecule has 0 spiro atoms. The first-order chi connectivity index (χ1) is 7.97. The monoisotopic (exact) mass is 245 g/mol. The van der Waals surface area contributed by atoms with E-state index in [0.717, 1.165) is 6.20 Å². The van der Waals surface area contributed by atoms with Gasteiger partial charge in [0.25, 0.3) is 12.0 Å². The number of aromatic nitrogens is 1. The van der Waals surface area contributed by atoms with Crippen LogP contribution in [0, 0.1) is 6.92 Å². The van der Waals surface area contributed by atoms with Gasteiger partial charge in [0.1, 0.15) is 0 Å². The summed E-state index contributed by atoms with van der Waals surface area (Å²) in [6.07, 6.45) is -2.01. The second-order valence-electron chi connectivity index (χ2n) is 3.46. The first kappa shape index (κ1) is 13.3. The summed E-state index contributed by atoms with van der Waals surface area (Å²) in [7, 11) is 0. The zero-order valence-corrected chi connectivity index (χ0v) is 9.55. The highest BCUT2D eigenvalue weighted by Gasteiger charge is 2.18. The van der Waals surface area contributed by atoms with Gasteiger partial charge in [-0.25, -0.2) is 8.78 Å². The minimum atomic E-state index is -2.69. The van der Waals surface area contributed by atoms with Gasteiger partial charge in [0, 0.05) is 17.3 Å². The fraction of sp³-hybridized carbons (Fsp3) is 0.455. The number of aromatic amines is 1. The summed E-state index contributed by atoms with van der Waals surface area (Å²) in [4.78, 5) is 24.9. The summed E-state index contributed by atoms with van der Waals surface area (Å²) in [5.74, 6) is -0.604. The highest BCUT2D eigenvalue weighted by Crippen LogP contribution is 2.22. The Morgan fingerprint density at radius 2 is 2.18 bits per heavy atom. The third kappa shape index (κ3) is 3.12. The van der Waals surface area contributed by atoms with Crippen molar-refractivity contribution in [2.75, 3.05) is 6.61 Å². The van der Waals surface area contributed by atoms with Gasteiger partial charge in [0.15, 0.2) is 0 Å². The molecule has 0 aromatic carbocycles. The molecule has 0 amide bonds. The van der Waals surface area contributed by atoms with Gasteiger partial charge in [0.2, 0.25) is 0 Å². The Labute approximate surface area is 96.6 Å². The van der Waals surface area contributed by atoms with Crippen LogP contribution in [0.5, 0.6) is 0 Å². The number of pyridine rings is 1. The molecular weight excluding hydrogens is 232 g/mol. The zero-order valence-electron chi connectivity index (χ0n) is 9.55. The maximum Gasteiger partial charge on any atom is 0.310 e. The van der Waals surface area contributed by atoms with Crippen LogP contribution in [0.25, 0.3) is 0 Å². The van der Waals surface area contributed by atoms with Crippen LogP contribution in [0.1, 0.15) is 30.0 Å². The molecule has 0 saturated heterocycles. The highest BCUT2D eigenvalue weighted by molar-refractivity contribution is 5.73. The van der Waals surface area contributed by atoms with E-state index in [9.17, 15) is 18.4 Å². The molecule has 0 aliphatic rings. The molecule has 0 atom stereocenters. The molecule has 1 N–H and O–H groups in total. The summed E-state index contributed by atoms with van der Waals surface area (Å²) < 4.78 is 29.9. The van der Waals surface area contributed by atoms with Crippen molar-refractivity contribution < 1.29 is 18.3 Å². The van der Waals surface area contributed by atoms with Crippen LogP contribution in [-0.4, -0.2) is 17.6 Å². The van der Waals surface area contributed by atoms with E-state index in [1.165, 1.54) is 6.92 Å². The third-order valence-electron chi connectivity index (χ3n) is 2.38. The number of rotatable bonds is 4. The number of hydrogen-bond acceptors (Lipinski definition) is 3. The number of ether oxygens (including phenoxy) is 1. The lowest BCUT2D eigenvalue weighted by Crippen LogP contribution is -2.20. The summed E-state index contributed by atoms with van der Waals surface area (Å²) in [6, 6.07) is 0. The van der Waals surface area contributed by atoms with Crippen molar-refractivity contribution in [3.8, 4) is 0 Å².